The standard InChI is InChI=1S/C13H20N2O4S/c1-11(2)9-15(10-13(16)17)20(18,19)8-5-12-3-6-14-7-4-12/h3-4,6-7,11H,5,8-10H2,1-2H3,(H,16,17). The van der Waals surface area contributed by atoms with E-state index in [1.807, 2.05) is 13.8 Å². The zero-order valence-electron chi connectivity index (χ0n) is 11.7. The van der Waals surface area contributed by atoms with Crippen LogP contribution in [0.2, 0.25) is 0 Å². The second-order valence-electron chi connectivity index (χ2n) is 5.00. The number of aromatic nitrogens is 1. The maximum absolute atomic E-state index is 12.2. The highest BCUT2D eigenvalue weighted by atomic mass is 32.2. The molecule has 0 aliphatic carbocycles. The van der Waals surface area contributed by atoms with Gasteiger partial charge in [-0.3, -0.25) is 9.78 Å². The van der Waals surface area contributed by atoms with Crippen molar-refractivity contribution in [3.05, 3.63) is 30.1 Å². The minimum Gasteiger partial charge on any atom is -0.480 e. The lowest BCUT2D eigenvalue weighted by molar-refractivity contribution is -0.137. The van der Waals surface area contributed by atoms with E-state index >= 15 is 0 Å². The number of pyridine rings is 1. The summed E-state index contributed by atoms with van der Waals surface area (Å²) in [5.74, 6) is -1.17. The van der Waals surface area contributed by atoms with Crippen LogP contribution in [0.3, 0.4) is 0 Å². The molecule has 0 fully saturated rings. The van der Waals surface area contributed by atoms with Crippen molar-refractivity contribution in [1.82, 2.24) is 9.29 Å². The van der Waals surface area contributed by atoms with Crippen LogP contribution in [0.4, 0.5) is 0 Å². The third-order valence-corrected chi connectivity index (χ3v) is 4.46. The summed E-state index contributed by atoms with van der Waals surface area (Å²) in [5, 5.41) is 8.83. The molecule has 1 N–H and O–H groups in total. The molecular formula is C13H20N2O4S. The van der Waals surface area contributed by atoms with Crippen molar-refractivity contribution in [3.63, 3.8) is 0 Å². The average Bonchev–Trinajstić information content (AvgIpc) is 2.36. The van der Waals surface area contributed by atoms with E-state index in [0.29, 0.717) is 6.42 Å². The van der Waals surface area contributed by atoms with Crippen LogP contribution in [0.1, 0.15) is 19.4 Å². The summed E-state index contributed by atoms with van der Waals surface area (Å²) >= 11 is 0. The molecule has 0 unspecified atom stereocenters. The Morgan fingerprint density at radius 3 is 2.45 bits per heavy atom. The van der Waals surface area contributed by atoms with Crippen LogP contribution in [-0.2, 0) is 21.2 Å². The lowest BCUT2D eigenvalue weighted by Gasteiger charge is -2.22. The molecule has 112 valence electrons. The number of carboxylic acids is 1. The Kier molecular flexibility index (Phi) is 6.09. The van der Waals surface area contributed by atoms with E-state index in [0.717, 1.165) is 9.87 Å². The Morgan fingerprint density at radius 1 is 1.35 bits per heavy atom. The quantitative estimate of drug-likeness (QED) is 0.773. The van der Waals surface area contributed by atoms with Gasteiger partial charge in [0.25, 0.3) is 0 Å². The summed E-state index contributed by atoms with van der Waals surface area (Å²) in [6.07, 6.45) is 3.55. The summed E-state index contributed by atoms with van der Waals surface area (Å²) in [6.45, 7) is 3.43. The van der Waals surface area contributed by atoms with Gasteiger partial charge >= 0.3 is 5.97 Å². The van der Waals surface area contributed by atoms with Gasteiger partial charge in [0, 0.05) is 18.9 Å². The van der Waals surface area contributed by atoms with Crippen molar-refractivity contribution in [2.75, 3.05) is 18.8 Å². The van der Waals surface area contributed by atoms with Crippen LogP contribution in [-0.4, -0.2) is 47.6 Å². The fourth-order valence-corrected chi connectivity index (χ4v) is 3.34. The molecule has 1 aromatic rings. The molecule has 0 bridgehead atoms. The van der Waals surface area contributed by atoms with Crippen LogP contribution in [0.15, 0.2) is 24.5 Å². The number of carbonyl (C=O) groups is 1. The largest absolute Gasteiger partial charge is 0.480 e. The van der Waals surface area contributed by atoms with Crippen LogP contribution in [0.25, 0.3) is 0 Å². The zero-order valence-corrected chi connectivity index (χ0v) is 12.5. The Bertz CT molecular complexity index is 529. The summed E-state index contributed by atoms with van der Waals surface area (Å²) in [7, 11) is -3.58. The first-order valence-electron chi connectivity index (χ1n) is 6.40. The maximum atomic E-state index is 12.2. The topological polar surface area (TPSA) is 87.6 Å². The highest BCUT2D eigenvalue weighted by molar-refractivity contribution is 7.89. The molecule has 0 amide bonds. The van der Waals surface area contributed by atoms with E-state index in [4.69, 9.17) is 5.11 Å². The summed E-state index contributed by atoms with van der Waals surface area (Å²) < 4.78 is 25.5. The van der Waals surface area contributed by atoms with Gasteiger partial charge in [0.15, 0.2) is 0 Å². The monoisotopic (exact) mass is 300 g/mol. The number of sulfonamides is 1. The molecule has 20 heavy (non-hydrogen) atoms. The van der Waals surface area contributed by atoms with E-state index in [2.05, 4.69) is 4.98 Å². The molecule has 0 aliphatic heterocycles. The SMILES string of the molecule is CC(C)CN(CC(=O)O)S(=O)(=O)CCc1ccncc1. The fourth-order valence-electron chi connectivity index (χ4n) is 1.76. The van der Waals surface area contributed by atoms with E-state index in [-0.39, 0.29) is 18.2 Å². The van der Waals surface area contributed by atoms with E-state index < -0.39 is 22.5 Å². The van der Waals surface area contributed by atoms with Crippen molar-refractivity contribution in [2.24, 2.45) is 5.92 Å². The molecule has 1 heterocycles. The van der Waals surface area contributed by atoms with Gasteiger partial charge in [0.2, 0.25) is 10.0 Å². The van der Waals surface area contributed by atoms with Gasteiger partial charge in [-0.2, -0.15) is 4.31 Å². The van der Waals surface area contributed by atoms with E-state index in [1.54, 1.807) is 24.5 Å². The number of rotatable bonds is 8. The fraction of sp³-hybridized carbons (Fsp3) is 0.538. The molecule has 1 rings (SSSR count). The number of nitrogens with zero attached hydrogens (tertiary/aromatic N) is 2. The lowest BCUT2D eigenvalue weighted by atomic mass is 10.2. The van der Waals surface area contributed by atoms with Gasteiger partial charge in [-0.15, -0.1) is 0 Å². The van der Waals surface area contributed by atoms with Crippen molar-refractivity contribution in [1.29, 1.82) is 0 Å². The molecule has 0 aromatic carbocycles. The first kappa shape index (κ1) is 16.6. The van der Waals surface area contributed by atoms with Crippen LogP contribution < -0.4 is 0 Å². The molecule has 0 spiro atoms. The average molecular weight is 300 g/mol. The number of aryl methyl sites for hydroxylation is 1. The number of carboxylic acid groups (broad SMARTS) is 1. The minimum absolute atomic E-state index is 0.0741. The highest BCUT2D eigenvalue weighted by Crippen LogP contribution is 2.09. The van der Waals surface area contributed by atoms with Gasteiger partial charge < -0.3 is 5.11 Å². The Labute approximate surface area is 119 Å². The van der Waals surface area contributed by atoms with E-state index in [1.165, 1.54) is 0 Å². The van der Waals surface area contributed by atoms with Crippen LogP contribution >= 0.6 is 0 Å². The summed E-state index contributed by atoms with van der Waals surface area (Å²) in [5.41, 5.74) is 0.864. The molecule has 0 aliphatic rings. The second kappa shape index (κ2) is 7.35. The molecule has 0 radical (unpaired) electrons. The van der Waals surface area contributed by atoms with E-state index in [9.17, 15) is 13.2 Å². The van der Waals surface area contributed by atoms with Crippen LogP contribution in [0.5, 0.6) is 0 Å². The van der Waals surface area contributed by atoms with Gasteiger partial charge in [0.05, 0.1) is 5.75 Å². The second-order valence-corrected chi connectivity index (χ2v) is 7.09. The van der Waals surface area contributed by atoms with Crippen molar-refractivity contribution >= 4 is 16.0 Å². The Hall–Kier alpha value is -1.47. The molecule has 0 atom stereocenters. The van der Waals surface area contributed by atoms with Crippen LogP contribution in [0, 0.1) is 5.92 Å². The van der Waals surface area contributed by atoms with Gasteiger partial charge in [0.1, 0.15) is 6.54 Å². The van der Waals surface area contributed by atoms with Gasteiger partial charge in [-0.25, -0.2) is 8.42 Å². The third-order valence-electron chi connectivity index (χ3n) is 2.67. The van der Waals surface area contributed by atoms with Gasteiger partial charge in [-0.1, -0.05) is 13.8 Å². The summed E-state index contributed by atoms with van der Waals surface area (Å²) in [6, 6.07) is 3.50. The molecule has 6 nitrogen and oxygen atoms in total. The number of hydrogen-bond acceptors (Lipinski definition) is 4. The predicted octanol–water partition coefficient (Wildman–Crippen LogP) is 0.996. The Balaban J connectivity index is 2.74. The minimum atomic E-state index is -3.58. The normalized spacial score (nSPS) is 12.0. The molecule has 7 heteroatoms. The molecule has 0 saturated carbocycles. The summed E-state index contributed by atoms with van der Waals surface area (Å²) in [4.78, 5) is 14.7. The molecule has 1 aromatic heterocycles. The van der Waals surface area contributed by atoms with Crippen molar-refractivity contribution in [3.8, 4) is 0 Å². The number of hydrogen-bond donors (Lipinski definition) is 1. The van der Waals surface area contributed by atoms with Crippen molar-refractivity contribution in [2.45, 2.75) is 20.3 Å². The lowest BCUT2D eigenvalue weighted by Crippen LogP contribution is -2.39. The maximum Gasteiger partial charge on any atom is 0.318 e. The highest BCUT2D eigenvalue weighted by Gasteiger charge is 2.24. The zero-order chi connectivity index (χ0) is 15.2. The first-order chi connectivity index (χ1) is 9.31. The predicted molar refractivity (Wildman–Crippen MR) is 75.8 cm³/mol. The molecule has 0 saturated heterocycles. The number of aliphatic carboxylic acids is 1. The van der Waals surface area contributed by atoms with Crippen molar-refractivity contribution < 1.29 is 18.3 Å². The molecular weight excluding hydrogens is 280 g/mol. The van der Waals surface area contributed by atoms with Gasteiger partial charge in [-0.05, 0) is 30.0 Å². The first-order valence-corrected chi connectivity index (χ1v) is 8.00. The Morgan fingerprint density at radius 2 is 1.95 bits per heavy atom. The smallest absolute Gasteiger partial charge is 0.318 e. The third kappa shape index (κ3) is 5.66.